The monoisotopic (exact) mass is 162 g/mol. The normalized spacial score (nSPS) is 8.75. The maximum atomic E-state index is 11.1. The molecule has 12 heavy (non-hydrogen) atoms. The third kappa shape index (κ3) is 2.54. The van der Waals surface area contributed by atoms with E-state index in [1.54, 1.807) is 43.7 Å². The van der Waals surface area contributed by atoms with Crippen molar-refractivity contribution in [2.45, 2.75) is 6.92 Å². The molecule has 1 aromatic rings. The van der Waals surface area contributed by atoms with Crippen LogP contribution in [0.25, 0.3) is 0 Å². The summed E-state index contributed by atoms with van der Waals surface area (Å²) in [6.07, 6.45) is 4.79. The van der Waals surface area contributed by atoms with Gasteiger partial charge in [0, 0.05) is 24.2 Å². The van der Waals surface area contributed by atoms with Gasteiger partial charge in [0.05, 0.1) is 0 Å². The Balaban J connectivity index is 3.35. The fourth-order valence-corrected chi connectivity index (χ4v) is 0.693. The predicted molar refractivity (Wildman–Crippen MR) is 47.2 cm³/mol. The third-order valence-electron chi connectivity index (χ3n) is 1.36. The molecule has 0 radical (unpaired) electrons. The molecule has 0 aliphatic heterocycles. The van der Waals surface area contributed by atoms with E-state index in [1.165, 1.54) is 0 Å². The highest BCUT2D eigenvalue weighted by Crippen LogP contribution is 1.79. The number of hydrogen-bond acceptors (Lipinski definition) is 2. The molecule has 0 aliphatic carbocycles. The van der Waals surface area contributed by atoms with Crippen molar-refractivity contribution in [3.63, 3.8) is 0 Å². The molecule has 0 aromatic carbocycles. The molecule has 0 spiro atoms. The molecule has 3 heteroatoms. The molecule has 1 heterocycles. The van der Waals surface area contributed by atoms with E-state index in [4.69, 9.17) is 0 Å². The van der Waals surface area contributed by atoms with Crippen molar-refractivity contribution < 1.29 is 0 Å². The van der Waals surface area contributed by atoms with Crippen LogP contribution in [0.2, 0.25) is 0 Å². The first-order valence-electron chi connectivity index (χ1n) is 3.63. The Morgan fingerprint density at radius 3 is 2.92 bits per heavy atom. The Hall–Kier alpha value is -1.64. The molecular formula is C9H10N2O. The van der Waals surface area contributed by atoms with Crippen molar-refractivity contribution in [3.05, 3.63) is 52.7 Å². The topological polar surface area (TPSA) is 45.8 Å². The van der Waals surface area contributed by atoms with Crippen LogP contribution in [0.3, 0.4) is 0 Å². The molecule has 3 nitrogen and oxygen atoms in total. The van der Waals surface area contributed by atoms with Gasteiger partial charge in [-0.2, -0.15) is 0 Å². The van der Waals surface area contributed by atoms with Gasteiger partial charge in [-0.1, -0.05) is 6.07 Å². The molecule has 0 unspecified atom stereocenters. The smallest absolute Gasteiger partial charge is 0.250 e. The van der Waals surface area contributed by atoms with Gasteiger partial charge in [0.15, 0.2) is 0 Å². The van der Waals surface area contributed by atoms with Crippen molar-refractivity contribution in [2.24, 2.45) is 0 Å². The second-order valence-electron chi connectivity index (χ2n) is 2.32. The molecule has 1 aromatic heterocycles. The number of rotatable bonds is 0. The van der Waals surface area contributed by atoms with Crippen molar-refractivity contribution >= 4 is 0 Å². The molecule has 0 atom stereocenters. The SMILES string of the molecule is Cc1cccnccc[nH]c1=O. The van der Waals surface area contributed by atoms with Crippen LogP contribution >= 0.6 is 0 Å². The summed E-state index contributed by atoms with van der Waals surface area (Å²) in [4.78, 5) is 17.6. The maximum Gasteiger partial charge on any atom is 0.250 e. The fourth-order valence-electron chi connectivity index (χ4n) is 0.693. The van der Waals surface area contributed by atoms with E-state index in [2.05, 4.69) is 9.97 Å². The summed E-state index contributed by atoms with van der Waals surface area (Å²) in [5, 5.41) is 0. The largest absolute Gasteiger partial charge is 0.329 e. The van der Waals surface area contributed by atoms with Crippen LogP contribution in [0, 0.1) is 6.92 Å². The van der Waals surface area contributed by atoms with Gasteiger partial charge in [-0.25, -0.2) is 0 Å². The molecule has 0 aliphatic rings. The van der Waals surface area contributed by atoms with Gasteiger partial charge >= 0.3 is 0 Å². The zero-order chi connectivity index (χ0) is 8.81. The number of nitrogens with one attached hydrogen (secondary N) is 1. The Labute approximate surface area is 70.4 Å². The first-order chi connectivity index (χ1) is 5.80. The van der Waals surface area contributed by atoms with Gasteiger partial charge in [-0.05, 0) is 19.1 Å². The molecule has 0 amide bonds. The van der Waals surface area contributed by atoms with Crippen molar-refractivity contribution in [1.82, 2.24) is 9.97 Å². The van der Waals surface area contributed by atoms with Crippen LogP contribution in [-0.4, -0.2) is 9.97 Å². The van der Waals surface area contributed by atoms with Crippen molar-refractivity contribution in [1.29, 1.82) is 0 Å². The molecule has 1 rings (SSSR count). The molecule has 0 saturated carbocycles. The van der Waals surface area contributed by atoms with Crippen LogP contribution in [0.4, 0.5) is 0 Å². The van der Waals surface area contributed by atoms with E-state index >= 15 is 0 Å². The van der Waals surface area contributed by atoms with Crippen molar-refractivity contribution in [3.8, 4) is 0 Å². The third-order valence-corrected chi connectivity index (χ3v) is 1.36. The summed E-state index contributed by atoms with van der Waals surface area (Å²) in [5.41, 5.74) is 0.569. The summed E-state index contributed by atoms with van der Waals surface area (Å²) >= 11 is 0. The summed E-state index contributed by atoms with van der Waals surface area (Å²) < 4.78 is 0. The molecule has 0 fully saturated rings. The second-order valence-corrected chi connectivity index (χ2v) is 2.32. The maximum absolute atomic E-state index is 11.1. The summed E-state index contributed by atoms with van der Waals surface area (Å²) in [6.45, 7) is 1.75. The summed E-state index contributed by atoms with van der Waals surface area (Å²) in [7, 11) is 0. The summed E-state index contributed by atoms with van der Waals surface area (Å²) in [6, 6.07) is 5.11. The lowest BCUT2D eigenvalue weighted by Crippen LogP contribution is -2.04. The molecular weight excluding hydrogens is 152 g/mol. The summed E-state index contributed by atoms with van der Waals surface area (Å²) in [5.74, 6) is 0. The molecule has 62 valence electrons. The lowest BCUT2D eigenvalue weighted by atomic mass is 10.3. The van der Waals surface area contributed by atoms with E-state index in [-0.39, 0.29) is 5.56 Å². The van der Waals surface area contributed by atoms with Gasteiger partial charge < -0.3 is 4.98 Å². The van der Waals surface area contributed by atoms with Crippen LogP contribution in [0.1, 0.15) is 5.56 Å². The van der Waals surface area contributed by atoms with Gasteiger partial charge in [0.25, 0.3) is 5.56 Å². The molecule has 0 bridgehead atoms. The highest BCUT2D eigenvalue weighted by molar-refractivity contribution is 5.02. The van der Waals surface area contributed by atoms with Gasteiger partial charge in [-0.15, -0.1) is 0 Å². The quantitative estimate of drug-likeness (QED) is 0.623. The Morgan fingerprint density at radius 1 is 1.33 bits per heavy atom. The van der Waals surface area contributed by atoms with Crippen molar-refractivity contribution in [2.75, 3.05) is 0 Å². The van der Waals surface area contributed by atoms with Crippen LogP contribution < -0.4 is 5.56 Å². The zero-order valence-corrected chi connectivity index (χ0v) is 6.82. The second kappa shape index (κ2) is 4.28. The number of aromatic amines is 1. The predicted octanol–water partition coefficient (Wildman–Crippen LogP) is 1.20. The van der Waals surface area contributed by atoms with Gasteiger partial charge in [0.2, 0.25) is 0 Å². The Bertz CT molecular complexity index is 356. The molecule has 0 saturated heterocycles. The highest BCUT2D eigenvalue weighted by Gasteiger charge is 1.81. The minimum atomic E-state index is -0.0915. The van der Waals surface area contributed by atoms with Crippen LogP contribution in [0.15, 0.2) is 41.6 Å². The number of nitrogens with zero attached hydrogens (tertiary/aromatic N) is 1. The zero-order valence-electron chi connectivity index (χ0n) is 6.82. The average molecular weight is 162 g/mol. The highest BCUT2D eigenvalue weighted by atomic mass is 16.1. The van der Waals surface area contributed by atoms with Gasteiger partial charge in [-0.3, -0.25) is 9.78 Å². The van der Waals surface area contributed by atoms with Crippen LogP contribution in [0.5, 0.6) is 0 Å². The first kappa shape index (κ1) is 8.46. The standard InChI is InChI=1S/C9H10N2O/c1-8-4-2-5-10-6-3-7-11-9(8)12/h2-7H,1H3,(H,11,12). The Morgan fingerprint density at radius 2 is 2.08 bits per heavy atom. The minimum absolute atomic E-state index is 0.0915. The molecule has 1 N–H and O–H groups in total. The van der Waals surface area contributed by atoms with E-state index in [0.717, 1.165) is 0 Å². The van der Waals surface area contributed by atoms with E-state index in [1.807, 2.05) is 0 Å². The van der Waals surface area contributed by atoms with Gasteiger partial charge in [0.1, 0.15) is 0 Å². The van der Waals surface area contributed by atoms with E-state index in [9.17, 15) is 4.79 Å². The van der Waals surface area contributed by atoms with E-state index < -0.39 is 0 Å². The van der Waals surface area contributed by atoms with Crippen LogP contribution in [-0.2, 0) is 0 Å². The minimum Gasteiger partial charge on any atom is -0.329 e. The lowest BCUT2D eigenvalue weighted by Gasteiger charge is -1.80. The lowest BCUT2D eigenvalue weighted by molar-refractivity contribution is 1.19. The Kier molecular flexibility index (Phi) is 3.02. The number of aryl methyl sites for hydroxylation is 1. The average Bonchev–Trinajstić information content (AvgIpc) is 2.08. The van der Waals surface area contributed by atoms with E-state index in [0.29, 0.717) is 5.56 Å². The fraction of sp³-hybridized carbons (Fsp3) is 0.111. The first-order valence-corrected chi connectivity index (χ1v) is 3.63. The number of H-pyrrole nitrogens is 1. The number of hydrogen-bond donors (Lipinski definition) is 1. The number of aromatic nitrogens is 2.